The highest BCUT2D eigenvalue weighted by atomic mass is 127. The highest BCUT2D eigenvalue weighted by Gasteiger charge is 2.14. The average Bonchev–Trinajstić information content (AvgIpc) is 2.16. The summed E-state index contributed by atoms with van der Waals surface area (Å²) in [5, 5.41) is 18.5. The second-order valence-electron chi connectivity index (χ2n) is 4.01. The zero-order chi connectivity index (χ0) is 12.1. The quantitative estimate of drug-likeness (QED) is 0.814. The minimum atomic E-state index is -0.817. The molecule has 0 aliphatic carbocycles. The molecule has 88 valence electrons. The van der Waals surface area contributed by atoms with E-state index in [1.54, 1.807) is 0 Å². The lowest BCUT2D eigenvalue weighted by atomic mass is 9.96. The van der Waals surface area contributed by atoms with E-state index in [-0.39, 0.29) is 12.3 Å². The van der Waals surface area contributed by atoms with Crippen LogP contribution >= 0.6 is 22.6 Å². The van der Waals surface area contributed by atoms with Gasteiger partial charge in [0.2, 0.25) is 0 Å². The van der Waals surface area contributed by atoms with E-state index in [9.17, 15) is 9.90 Å². The van der Waals surface area contributed by atoms with Crippen LogP contribution in [0.3, 0.4) is 0 Å². The molecule has 0 aromatic heterocycles. The topological polar surface area (TPSA) is 57.5 Å². The normalized spacial score (nSPS) is 14.4. The van der Waals surface area contributed by atoms with Crippen LogP contribution in [0.25, 0.3) is 0 Å². The van der Waals surface area contributed by atoms with E-state index in [4.69, 9.17) is 5.11 Å². The van der Waals surface area contributed by atoms with Gasteiger partial charge in [-0.05, 0) is 52.6 Å². The molecule has 0 spiro atoms. The van der Waals surface area contributed by atoms with Crippen molar-refractivity contribution in [2.75, 3.05) is 0 Å². The van der Waals surface area contributed by atoms with Crippen LogP contribution in [0.4, 0.5) is 0 Å². The van der Waals surface area contributed by atoms with Gasteiger partial charge in [-0.25, -0.2) is 0 Å². The number of aliphatic carboxylic acids is 1. The Kier molecular flexibility index (Phi) is 5.21. The largest absolute Gasteiger partial charge is 0.481 e. The molecule has 0 aliphatic heterocycles. The zero-order valence-corrected chi connectivity index (χ0v) is 11.2. The number of carboxylic acids is 1. The van der Waals surface area contributed by atoms with E-state index in [2.05, 4.69) is 22.6 Å². The zero-order valence-electron chi connectivity index (χ0n) is 9.06. The van der Waals surface area contributed by atoms with Gasteiger partial charge >= 0.3 is 5.97 Å². The molecule has 2 unspecified atom stereocenters. The molecule has 0 fully saturated rings. The lowest BCUT2D eigenvalue weighted by Gasteiger charge is -2.15. The van der Waals surface area contributed by atoms with Crippen molar-refractivity contribution in [1.82, 2.24) is 0 Å². The van der Waals surface area contributed by atoms with Gasteiger partial charge in [0.15, 0.2) is 0 Å². The third-order valence-corrected chi connectivity index (χ3v) is 3.12. The summed E-state index contributed by atoms with van der Waals surface area (Å²) in [6.07, 6.45) is 0.000245. The van der Waals surface area contributed by atoms with Gasteiger partial charge in [0, 0.05) is 9.99 Å². The summed E-state index contributed by atoms with van der Waals surface area (Å²) in [4.78, 5) is 10.5. The van der Waals surface area contributed by atoms with E-state index < -0.39 is 12.1 Å². The van der Waals surface area contributed by atoms with Crippen molar-refractivity contribution < 1.29 is 15.0 Å². The smallest absolute Gasteiger partial charge is 0.303 e. The van der Waals surface area contributed by atoms with Gasteiger partial charge in [-0.1, -0.05) is 19.1 Å². The maximum absolute atomic E-state index is 10.5. The maximum atomic E-state index is 10.5. The number of hydrogen-bond acceptors (Lipinski definition) is 2. The Hall–Kier alpha value is -0.620. The van der Waals surface area contributed by atoms with Crippen molar-refractivity contribution in [2.45, 2.75) is 25.9 Å². The van der Waals surface area contributed by atoms with E-state index >= 15 is 0 Å². The van der Waals surface area contributed by atoms with Crippen molar-refractivity contribution in [3.05, 3.63) is 33.4 Å². The minimum absolute atomic E-state index is 0.0215. The lowest BCUT2D eigenvalue weighted by Crippen LogP contribution is -2.09. The summed E-state index contributed by atoms with van der Waals surface area (Å²) in [6, 6.07) is 7.61. The lowest BCUT2D eigenvalue weighted by molar-refractivity contribution is -0.138. The number of aliphatic hydroxyl groups is 1. The summed E-state index contributed by atoms with van der Waals surface area (Å²) in [6.45, 7) is 1.84. The van der Waals surface area contributed by atoms with Gasteiger partial charge in [0.05, 0.1) is 6.10 Å². The Morgan fingerprint density at radius 2 is 1.94 bits per heavy atom. The van der Waals surface area contributed by atoms with Crippen molar-refractivity contribution in [3.63, 3.8) is 0 Å². The molecule has 2 N–H and O–H groups in total. The molecule has 3 nitrogen and oxygen atoms in total. The Morgan fingerprint density at radius 3 is 2.44 bits per heavy atom. The number of carbonyl (C=O) groups is 1. The number of halogens is 1. The van der Waals surface area contributed by atoms with Crippen LogP contribution in [0, 0.1) is 9.49 Å². The van der Waals surface area contributed by atoms with Crippen molar-refractivity contribution in [3.8, 4) is 0 Å². The van der Waals surface area contributed by atoms with Crippen LogP contribution < -0.4 is 0 Å². The third-order valence-electron chi connectivity index (χ3n) is 2.40. The van der Waals surface area contributed by atoms with Crippen molar-refractivity contribution >= 4 is 28.6 Å². The molecule has 16 heavy (non-hydrogen) atoms. The Labute approximate surface area is 109 Å². The molecule has 1 rings (SSSR count). The van der Waals surface area contributed by atoms with Gasteiger partial charge in [-0.3, -0.25) is 4.79 Å². The molecule has 1 aromatic carbocycles. The molecule has 0 radical (unpaired) electrons. The number of carboxylic acid groups (broad SMARTS) is 1. The number of hydrogen-bond donors (Lipinski definition) is 2. The molecule has 4 heteroatoms. The van der Waals surface area contributed by atoms with E-state index in [0.717, 1.165) is 9.13 Å². The van der Waals surface area contributed by atoms with Crippen LogP contribution in [0.1, 0.15) is 31.4 Å². The average molecular weight is 334 g/mol. The van der Waals surface area contributed by atoms with E-state index in [1.165, 1.54) is 0 Å². The molecule has 1 aromatic rings. The molecule has 0 bridgehead atoms. The molecule has 2 atom stereocenters. The van der Waals surface area contributed by atoms with E-state index in [1.807, 2.05) is 31.2 Å². The Morgan fingerprint density at radius 1 is 1.38 bits per heavy atom. The number of aliphatic hydroxyl groups excluding tert-OH is 1. The second-order valence-corrected chi connectivity index (χ2v) is 5.25. The highest BCUT2D eigenvalue weighted by Crippen LogP contribution is 2.23. The summed E-state index contributed by atoms with van der Waals surface area (Å²) in [7, 11) is 0. The fourth-order valence-corrected chi connectivity index (χ4v) is 1.94. The maximum Gasteiger partial charge on any atom is 0.303 e. The fraction of sp³-hybridized carbons (Fsp3) is 0.417. The molecule has 0 heterocycles. The summed E-state index contributed by atoms with van der Waals surface area (Å²) in [5.74, 6) is -0.839. The number of benzene rings is 1. The first-order valence-electron chi connectivity index (χ1n) is 5.14. The first kappa shape index (κ1) is 13.4. The predicted octanol–water partition coefficient (Wildman–Crippen LogP) is 2.83. The summed E-state index contributed by atoms with van der Waals surface area (Å²) < 4.78 is 1.12. The van der Waals surface area contributed by atoms with Gasteiger partial charge < -0.3 is 10.2 Å². The van der Waals surface area contributed by atoms with Crippen molar-refractivity contribution in [2.24, 2.45) is 5.92 Å². The van der Waals surface area contributed by atoms with Crippen LogP contribution in [0.15, 0.2) is 24.3 Å². The van der Waals surface area contributed by atoms with Crippen LogP contribution in [-0.2, 0) is 4.79 Å². The van der Waals surface area contributed by atoms with Gasteiger partial charge in [0.25, 0.3) is 0 Å². The standard InChI is InChI=1S/C12H15IO3/c1-8(7-12(15)16)6-11(14)9-2-4-10(13)5-3-9/h2-5,8,11,14H,6-7H2,1H3,(H,15,16). The Balaban J connectivity index is 2.54. The van der Waals surface area contributed by atoms with Crippen LogP contribution in [0.5, 0.6) is 0 Å². The molecular formula is C12H15IO3. The molecule has 0 saturated carbocycles. The fourth-order valence-electron chi connectivity index (χ4n) is 1.58. The monoisotopic (exact) mass is 334 g/mol. The van der Waals surface area contributed by atoms with Gasteiger partial charge in [-0.15, -0.1) is 0 Å². The van der Waals surface area contributed by atoms with E-state index in [0.29, 0.717) is 6.42 Å². The summed E-state index contributed by atoms with van der Waals surface area (Å²) >= 11 is 2.20. The SMILES string of the molecule is CC(CC(=O)O)CC(O)c1ccc(I)cc1. The summed E-state index contributed by atoms with van der Waals surface area (Å²) in [5.41, 5.74) is 0.845. The highest BCUT2D eigenvalue weighted by molar-refractivity contribution is 14.1. The van der Waals surface area contributed by atoms with Gasteiger partial charge in [0.1, 0.15) is 0 Å². The van der Waals surface area contributed by atoms with Crippen molar-refractivity contribution in [1.29, 1.82) is 0 Å². The van der Waals surface area contributed by atoms with Gasteiger partial charge in [-0.2, -0.15) is 0 Å². The second kappa shape index (κ2) is 6.20. The van der Waals surface area contributed by atoms with Crippen LogP contribution in [0.2, 0.25) is 0 Å². The molecule has 0 saturated heterocycles. The first-order valence-corrected chi connectivity index (χ1v) is 6.22. The minimum Gasteiger partial charge on any atom is -0.481 e. The first-order chi connectivity index (χ1) is 7.49. The predicted molar refractivity (Wildman–Crippen MR) is 70.2 cm³/mol. The molecular weight excluding hydrogens is 319 g/mol. The number of rotatable bonds is 5. The van der Waals surface area contributed by atoms with Crippen LogP contribution in [-0.4, -0.2) is 16.2 Å². The Bertz CT molecular complexity index is 348. The molecule has 0 amide bonds. The third kappa shape index (κ3) is 4.49. The molecule has 0 aliphatic rings.